The van der Waals surface area contributed by atoms with Gasteiger partial charge < -0.3 is 61.9 Å². The van der Waals surface area contributed by atoms with Crippen molar-refractivity contribution < 1.29 is 47.7 Å². The summed E-state index contributed by atoms with van der Waals surface area (Å²) < 4.78 is 21.9. The Hall–Kier alpha value is -3.39. The number of hydrogen-bond acceptors (Lipinski definition) is 12. The summed E-state index contributed by atoms with van der Waals surface area (Å²) in [5, 5.41) is 20.7. The van der Waals surface area contributed by atoms with Crippen LogP contribution in [0, 0.1) is 0 Å². The molecule has 7 amide bonds. The van der Waals surface area contributed by atoms with E-state index in [9.17, 15) is 28.8 Å². The fraction of sp³-hybridized carbons (Fsp3) is 0.860. The normalized spacial score (nSPS) is 17.4. The number of alkyl carbamates (subject to hydrolysis) is 1. The lowest BCUT2D eigenvalue weighted by Crippen LogP contribution is -2.41. The van der Waals surface area contributed by atoms with Gasteiger partial charge in [0, 0.05) is 76.2 Å². The number of unbranched alkanes of at least 4 members (excludes halogenated alkanes) is 6. The molecule has 0 aromatic rings. The second kappa shape index (κ2) is 34.1. The van der Waals surface area contributed by atoms with Crippen LogP contribution in [0.3, 0.4) is 0 Å². The highest BCUT2D eigenvalue weighted by Crippen LogP contribution is 2.33. The highest BCUT2D eigenvalue weighted by Gasteiger charge is 2.42. The molecule has 18 nitrogen and oxygen atoms in total. The number of amides is 7. The Morgan fingerprint density at radius 2 is 1.11 bits per heavy atom. The number of hydrogen-bond donors (Lipinski definition) is 8. The van der Waals surface area contributed by atoms with E-state index in [2.05, 4.69) is 37.2 Å². The van der Waals surface area contributed by atoms with Gasteiger partial charge in [-0.3, -0.25) is 19.2 Å². The lowest BCUT2D eigenvalue weighted by molar-refractivity contribution is -0.123. The standard InChI is InChI=1S/C43H80N8O10S/c1-43(2,3)61-42(57)49-23-12-5-7-19-36(52)45-21-11-4-6-18-37(53)46-22-13-10-16-33(44)40(55)48-25-15-27-59-29-31-60-30-28-58-26-14-24-47-38(54)20-9-8-17-35-39-34(32-62-35)50-41(56)51-39/h33-35,39H,4-32,44H2,1-3H3,(H,45,52)(H,46,53)(H,47,54)(H,48,55)(H,49,57)(H2,50,51,56)/t33-,34-,35-,39-/m0/s1. The smallest absolute Gasteiger partial charge is 0.407 e. The second-order valence-corrected chi connectivity index (χ2v) is 18.2. The van der Waals surface area contributed by atoms with Crippen LogP contribution in [0.15, 0.2) is 0 Å². The van der Waals surface area contributed by atoms with Crippen LogP contribution in [-0.4, -0.2) is 143 Å². The van der Waals surface area contributed by atoms with Crippen LogP contribution in [0.5, 0.6) is 0 Å². The van der Waals surface area contributed by atoms with Crippen LogP contribution in [0.1, 0.15) is 130 Å². The third kappa shape index (κ3) is 29.1. The fourth-order valence-corrected chi connectivity index (χ4v) is 8.30. The Balaban J connectivity index is 1.25. The highest BCUT2D eigenvalue weighted by molar-refractivity contribution is 8.00. The molecular formula is C43H80N8O10S. The Morgan fingerprint density at radius 3 is 1.68 bits per heavy atom. The molecule has 0 bridgehead atoms. The predicted octanol–water partition coefficient (Wildman–Crippen LogP) is 3.15. The van der Waals surface area contributed by atoms with Gasteiger partial charge in [-0.05, 0) is 91.4 Å². The van der Waals surface area contributed by atoms with Gasteiger partial charge in [-0.15, -0.1) is 0 Å². The molecule has 0 saturated carbocycles. The molecule has 2 fully saturated rings. The van der Waals surface area contributed by atoms with Crippen LogP contribution in [0.2, 0.25) is 0 Å². The van der Waals surface area contributed by atoms with Gasteiger partial charge in [0.2, 0.25) is 23.6 Å². The number of fused-ring (bicyclic) bond motifs is 1. The first kappa shape index (κ1) is 54.7. The van der Waals surface area contributed by atoms with Crippen molar-refractivity contribution >= 4 is 47.5 Å². The van der Waals surface area contributed by atoms with E-state index < -0.39 is 17.7 Å². The van der Waals surface area contributed by atoms with E-state index in [0.29, 0.717) is 110 Å². The predicted molar refractivity (Wildman–Crippen MR) is 241 cm³/mol. The van der Waals surface area contributed by atoms with E-state index in [4.69, 9.17) is 24.7 Å². The molecule has 0 unspecified atom stereocenters. The minimum atomic E-state index is -0.595. The monoisotopic (exact) mass is 901 g/mol. The summed E-state index contributed by atoms with van der Waals surface area (Å²) in [5.74, 6) is 0.849. The molecule has 0 aromatic carbocycles. The van der Waals surface area contributed by atoms with E-state index in [-0.39, 0.29) is 41.7 Å². The van der Waals surface area contributed by atoms with Crippen molar-refractivity contribution in [3.05, 3.63) is 0 Å². The zero-order chi connectivity index (χ0) is 45.3. The average Bonchev–Trinajstić information content (AvgIpc) is 3.78. The van der Waals surface area contributed by atoms with Gasteiger partial charge in [-0.25, -0.2) is 9.59 Å². The summed E-state index contributed by atoms with van der Waals surface area (Å²) in [6.45, 7) is 11.1. The van der Waals surface area contributed by atoms with E-state index in [1.807, 2.05) is 32.5 Å². The number of ether oxygens (including phenoxy) is 4. The molecule has 0 radical (unpaired) electrons. The number of nitrogens with one attached hydrogen (secondary N) is 7. The molecule has 2 heterocycles. The van der Waals surface area contributed by atoms with Gasteiger partial charge >= 0.3 is 12.1 Å². The van der Waals surface area contributed by atoms with Crippen molar-refractivity contribution in [2.75, 3.05) is 78.1 Å². The topological polar surface area (TPSA) is 250 Å². The number of thioether (sulfide) groups is 1. The maximum atomic E-state index is 12.3. The lowest BCUT2D eigenvalue weighted by atomic mass is 10.0. The third-order valence-corrected chi connectivity index (χ3v) is 11.6. The van der Waals surface area contributed by atoms with Crippen LogP contribution in [0.25, 0.3) is 0 Å². The molecule has 9 N–H and O–H groups in total. The van der Waals surface area contributed by atoms with Crippen molar-refractivity contribution in [3.8, 4) is 0 Å². The summed E-state index contributed by atoms with van der Waals surface area (Å²) in [6.07, 6.45) is 12.0. The van der Waals surface area contributed by atoms with Crippen LogP contribution < -0.4 is 43.0 Å². The Kier molecular flexibility index (Phi) is 30.1. The van der Waals surface area contributed by atoms with Gasteiger partial charge in [-0.2, -0.15) is 11.8 Å². The van der Waals surface area contributed by atoms with Crippen LogP contribution >= 0.6 is 11.8 Å². The first-order chi connectivity index (χ1) is 29.8. The van der Waals surface area contributed by atoms with E-state index in [1.165, 1.54) is 0 Å². The Labute approximate surface area is 374 Å². The molecule has 2 aliphatic rings. The van der Waals surface area contributed by atoms with Crippen molar-refractivity contribution in [2.24, 2.45) is 5.73 Å². The third-order valence-electron chi connectivity index (χ3n) is 10.1. The molecular weight excluding hydrogens is 821 g/mol. The highest BCUT2D eigenvalue weighted by atomic mass is 32.2. The number of carbonyl (C=O) groups is 6. The minimum absolute atomic E-state index is 0.00215. The fourth-order valence-electron chi connectivity index (χ4n) is 6.76. The molecule has 2 saturated heterocycles. The van der Waals surface area contributed by atoms with Crippen molar-refractivity contribution in [3.63, 3.8) is 0 Å². The summed E-state index contributed by atoms with van der Waals surface area (Å²) in [7, 11) is 0. The number of rotatable bonds is 37. The Morgan fingerprint density at radius 1 is 0.629 bits per heavy atom. The first-order valence-electron chi connectivity index (χ1n) is 23.1. The quantitative estimate of drug-likeness (QED) is 0.0331. The van der Waals surface area contributed by atoms with Gasteiger partial charge in [0.15, 0.2) is 0 Å². The van der Waals surface area contributed by atoms with E-state index in [1.54, 1.807) is 0 Å². The van der Waals surface area contributed by atoms with E-state index in [0.717, 1.165) is 82.8 Å². The van der Waals surface area contributed by atoms with Gasteiger partial charge in [0.25, 0.3) is 0 Å². The molecule has 0 aromatic heterocycles. The maximum absolute atomic E-state index is 12.3. The van der Waals surface area contributed by atoms with Crippen LogP contribution in [0.4, 0.5) is 9.59 Å². The van der Waals surface area contributed by atoms with Gasteiger partial charge in [0.05, 0.1) is 44.6 Å². The zero-order valence-corrected chi connectivity index (χ0v) is 38.7. The van der Waals surface area contributed by atoms with Crippen LogP contribution in [-0.2, 0) is 38.1 Å². The molecule has 4 atom stereocenters. The van der Waals surface area contributed by atoms with Crippen molar-refractivity contribution in [1.82, 2.24) is 37.2 Å². The van der Waals surface area contributed by atoms with Gasteiger partial charge in [0.1, 0.15) is 5.60 Å². The lowest BCUT2D eigenvalue weighted by Gasteiger charge is -2.19. The average molecular weight is 901 g/mol. The summed E-state index contributed by atoms with van der Waals surface area (Å²) in [4.78, 5) is 71.7. The summed E-state index contributed by atoms with van der Waals surface area (Å²) in [5.41, 5.74) is 5.52. The molecule has 0 spiro atoms. The molecule has 2 aliphatic heterocycles. The van der Waals surface area contributed by atoms with Gasteiger partial charge in [-0.1, -0.05) is 19.3 Å². The van der Waals surface area contributed by atoms with E-state index >= 15 is 0 Å². The number of nitrogens with two attached hydrogens (primary N) is 1. The summed E-state index contributed by atoms with van der Waals surface area (Å²) >= 11 is 1.90. The molecule has 358 valence electrons. The number of carbonyl (C=O) groups excluding carboxylic acids is 6. The maximum Gasteiger partial charge on any atom is 0.407 e. The minimum Gasteiger partial charge on any atom is -0.444 e. The number of urea groups is 1. The first-order valence-corrected chi connectivity index (χ1v) is 24.1. The largest absolute Gasteiger partial charge is 0.444 e. The summed E-state index contributed by atoms with van der Waals surface area (Å²) in [6, 6.07) is -0.208. The Bertz CT molecular complexity index is 1290. The molecule has 2 rings (SSSR count). The second-order valence-electron chi connectivity index (χ2n) is 16.9. The zero-order valence-electron chi connectivity index (χ0n) is 37.9. The van der Waals surface area contributed by atoms with Crippen molar-refractivity contribution in [1.29, 1.82) is 0 Å². The van der Waals surface area contributed by atoms with Crippen molar-refractivity contribution in [2.45, 2.75) is 159 Å². The molecule has 19 heteroatoms. The molecule has 0 aliphatic carbocycles. The SMILES string of the molecule is CC(C)(C)OC(=O)NCCCCCC(=O)NCCCCCC(=O)NCCCC[C@H](N)C(=O)NCCCOCCOCCOCCCNC(=O)CCCC[C@@H]1SC[C@@H]2NC(=O)N[C@@H]21. The molecule has 62 heavy (non-hydrogen) atoms.